The van der Waals surface area contributed by atoms with Crippen LogP contribution in [0.5, 0.6) is 0 Å². The third kappa shape index (κ3) is 10.7. The van der Waals surface area contributed by atoms with Gasteiger partial charge in [0, 0.05) is 18.2 Å². The maximum absolute atomic E-state index is 13.4. The summed E-state index contributed by atoms with van der Waals surface area (Å²) in [6.45, 7) is 14.4. The van der Waals surface area contributed by atoms with E-state index >= 15 is 0 Å². The Morgan fingerprint density at radius 1 is 0.952 bits per heavy atom. The molecule has 1 saturated heterocycles. The lowest BCUT2D eigenvalue weighted by Crippen LogP contribution is -2.55. The second-order valence-electron chi connectivity index (χ2n) is 12.5. The minimum absolute atomic E-state index is 0.0820. The summed E-state index contributed by atoms with van der Waals surface area (Å²) in [5, 5.41) is 26.4. The molecule has 2 rings (SSSR count). The zero-order valence-corrected chi connectivity index (χ0v) is 27.1. The smallest absolute Gasteiger partial charge is 0.270 e. The van der Waals surface area contributed by atoms with E-state index in [2.05, 4.69) is 26.4 Å². The van der Waals surface area contributed by atoms with Crippen molar-refractivity contribution in [2.75, 3.05) is 25.2 Å². The average molecular weight is 614 g/mol. The molecule has 0 aromatic carbocycles. The number of fused-ring (bicyclic) bond motifs is 1. The van der Waals surface area contributed by atoms with Gasteiger partial charge >= 0.3 is 0 Å². The Hall–Kier alpha value is -2.38. The van der Waals surface area contributed by atoms with Crippen LogP contribution >= 0.6 is 11.8 Å². The van der Waals surface area contributed by atoms with E-state index in [-0.39, 0.29) is 47.6 Å². The molecular weight excluding hydrogens is 562 g/mol. The fourth-order valence-electron chi connectivity index (χ4n) is 4.88. The molecule has 4 amide bonds. The molecule has 42 heavy (non-hydrogen) atoms. The number of carbonyl (C=O) groups is 4. The standard InChI is InChI=1S/C29H51N5O7S/c1-15(2)11-20(22(35)12-18(7)25(36)33-23(17(5)6)27(38)30-13-16(3)4)31-26(37)21(14-42-8)32-28(39)24-19-9-10-40-29(19)41-34-24/h15-23,29,35H,9-14H2,1-8H3,(H,30,38)(H,31,37)(H,32,39)(H,33,36)/t18-,19-,20+,21+,22+,23+,29+/m1/s1. The van der Waals surface area contributed by atoms with Gasteiger partial charge < -0.3 is 35.9 Å². The number of nitrogens with zero attached hydrogens (tertiary/aromatic N) is 1. The molecule has 1 fully saturated rings. The summed E-state index contributed by atoms with van der Waals surface area (Å²) in [5.41, 5.74) is 0.215. The quantitative estimate of drug-likeness (QED) is 0.164. The summed E-state index contributed by atoms with van der Waals surface area (Å²) >= 11 is 1.40. The molecule has 7 atom stereocenters. The van der Waals surface area contributed by atoms with E-state index in [1.165, 1.54) is 11.8 Å². The Balaban J connectivity index is 2.03. The van der Waals surface area contributed by atoms with Crippen LogP contribution < -0.4 is 21.3 Å². The molecule has 0 aromatic rings. The van der Waals surface area contributed by atoms with Crippen LogP contribution in [0.2, 0.25) is 0 Å². The molecule has 12 nitrogen and oxygen atoms in total. The van der Waals surface area contributed by atoms with Gasteiger partial charge in [0.1, 0.15) is 12.1 Å². The summed E-state index contributed by atoms with van der Waals surface area (Å²) in [6, 6.07) is -2.21. The lowest BCUT2D eigenvalue weighted by atomic mass is 9.91. The van der Waals surface area contributed by atoms with Crippen LogP contribution in [-0.4, -0.2) is 90.1 Å². The fourth-order valence-corrected chi connectivity index (χ4v) is 5.45. The van der Waals surface area contributed by atoms with Crippen molar-refractivity contribution in [1.82, 2.24) is 21.3 Å². The minimum atomic E-state index is -1.03. The molecule has 0 saturated carbocycles. The predicted molar refractivity (Wildman–Crippen MR) is 162 cm³/mol. The molecule has 0 bridgehead atoms. The normalized spacial score (nSPS) is 21.6. The highest BCUT2D eigenvalue weighted by atomic mass is 32.2. The maximum atomic E-state index is 13.4. The second kappa shape index (κ2) is 17.0. The average Bonchev–Trinajstić information content (AvgIpc) is 3.53. The first-order valence-electron chi connectivity index (χ1n) is 15.0. The number of hydrogen-bond donors (Lipinski definition) is 5. The number of rotatable bonds is 17. The molecule has 2 aliphatic rings. The number of aliphatic hydroxyl groups is 1. The summed E-state index contributed by atoms with van der Waals surface area (Å²) in [5.74, 6) is -1.76. The monoisotopic (exact) mass is 613 g/mol. The van der Waals surface area contributed by atoms with Crippen LogP contribution in [0.4, 0.5) is 0 Å². The lowest BCUT2D eigenvalue weighted by Gasteiger charge is -2.30. The van der Waals surface area contributed by atoms with Crippen LogP contribution in [0.25, 0.3) is 0 Å². The number of hydrogen-bond acceptors (Lipinski definition) is 9. The van der Waals surface area contributed by atoms with Gasteiger partial charge in [-0.2, -0.15) is 11.8 Å². The highest BCUT2D eigenvalue weighted by Crippen LogP contribution is 2.29. The molecule has 240 valence electrons. The molecule has 0 radical (unpaired) electrons. The third-order valence-electron chi connectivity index (χ3n) is 7.32. The van der Waals surface area contributed by atoms with Crippen molar-refractivity contribution in [3.8, 4) is 0 Å². The largest absolute Gasteiger partial charge is 0.391 e. The van der Waals surface area contributed by atoms with Crippen molar-refractivity contribution in [2.45, 2.75) is 98.2 Å². The Labute approximate surface area is 254 Å². The van der Waals surface area contributed by atoms with Crippen molar-refractivity contribution >= 4 is 41.1 Å². The van der Waals surface area contributed by atoms with Crippen LogP contribution in [-0.2, 0) is 28.8 Å². The molecule has 13 heteroatoms. The van der Waals surface area contributed by atoms with Crippen molar-refractivity contribution < 1.29 is 33.9 Å². The number of nitrogens with one attached hydrogen (secondary N) is 4. The van der Waals surface area contributed by atoms with Gasteiger partial charge in [0.25, 0.3) is 5.91 Å². The number of amides is 4. The molecule has 0 unspecified atom stereocenters. The van der Waals surface area contributed by atoms with E-state index in [4.69, 9.17) is 9.57 Å². The number of aliphatic hydroxyl groups excluding tert-OH is 1. The molecule has 0 aliphatic carbocycles. The lowest BCUT2D eigenvalue weighted by molar-refractivity contribution is -0.132. The van der Waals surface area contributed by atoms with E-state index in [0.717, 1.165) is 0 Å². The van der Waals surface area contributed by atoms with E-state index in [1.807, 2.05) is 47.8 Å². The Morgan fingerprint density at radius 2 is 1.64 bits per heavy atom. The first kappa shape index (κ1) is 35.8. The molecule has 2 heterocycles. The van der Waals surface area contributed by atoms with E-state index < -0.39 is 48.3 Å². The molecule has 0 aromatic heterocycles. The molecule has 2 aliphatic heterocycles. The van der Waals surface area contributed by atoms with E-state index in [9.17, 15) is 24.3 Å². The van der Waals surface area contributed by atoms with Crippen molar-refractivity contribution in [3.63, 3.8) is 0 Å². The number of carbonyl (C=O) groups excluding carboxylic acids is 4. The summed E-state index contributed by atoms with van der Waals surface area (Å²) in [6.07, 6.45) is 1.41. The van der Waals surface area contributed by atoms with Crippen molar-refractivity contribution in [3.05, 3.63) is 0 Å². The SMILES string of the molecule is CSC[C@H](NC(=O)C1=NO[C@@H]2OCC[C@H]12)C(=O)N[C@@H](CC(C)C)[C@@H](O)C[C@@H](C)C(=O)N[C@H](C(=O)NCC(C)C)C(C)C. The van der Waals surface area contributed by atoms with E-state index in [0.29, 0.717) is 31.7 Å². The van der Waals surface area contributed by atoms with E-state index in [1.54, 1.807) is 6.92 Å². The molecule has 5 N–H and O–H groups in total. The zero-order valence-electron chi connectivity index (χ0n) is 26.3. The molecular formula is C29H51N5O7S. The fraction of sp³-hybridized carbons (Fsp3) is 0.828. The zero-order chi connectivity index (χ0) is 31.6. The molecule has 0 spiro atoms. The number of ether oxygens (including phenoxy) is 1. The maximum Gasteiger partial charge on any atom is 0.270 e. The van der Waals surface area contributed by atoms with Gasteiger partial charge in [0.05, 0.1) is 24.7 Å². The van der Waals surface area contributed by atoms with Gasteiger partial charge in [0.2, 0.25) is 24.0 Å². The Morgan fingerprint density at radius 3 is 2.24 bits per heavy atom. The Kier molecular flexibility index (Phi) is 14.5. The summed E-state index contributed by atoms with van der Waals surface area (Å²) in [4.78, 5) is 57.2. The van der Waals surface area contributed by atoms with Crippen molar-refractivity contribution in [2.24, 2.45) is 34.7 Å². The van der Waals surface area contributed by atoms with Gasteiger partial charge in [-0.15, -0.1) is 0 Å². The van der Waals surface area contributed by atoms with Crippen LogP contribution in [0, 0.1) is 29.6 Å². The third-order valence-corrected chi connectivity index (χ3v) is 7.99. The first-order valence-corrected chi connectivity index (χ1v) is 16.4. The minimum Gasteiger partial charge on any atom is -0.391 e. The van der Waals surface area contributed by atoms with Gasteiger partial charge in [0.15, 0.2) is 5.71 Å². The summed E-state index contributed by atoms with van der Waals surface area (Å²) in [7, 11) is 0. The number of oxime groups is 1. The Bertz CT molecular complexity index is 961. The van der Waals surface area contributed by atoms with Crippen LogP contribution in [0.3, 0.4) is 0 Å². The van der Waals surface area contributed by atoms with Gasteiger partial charge in [-0.1, -0.05) is 53.6 Å². The topological polar surface area (TPSA) is 167 Å². The van der Waals surface area contributed by atoms with Gasteiger partial charge in [-0.05, 0) is 43.3 Å². The highest BCUT2D eigenvalue weighted by molar-refractivity contribution is 7.98. The first-order chi connectivity index (χ1) is 19.7. The second-order valence-corrected chi connectivity index (χ2v) is 13.4. The van der Waals surface area contributed by atoms with Crippen molar-refractivity contribution in [1.29, 1.82) is 0 Å². The number of thioether (sulfide) groups is 1. The van der Waals surface area contributed by atoms with Crippen LogP contribution in [0.1, 0.15) is 67.7 Å². The predicted octanol–water partition coefficient (Wildman–Crippen LogP) is 1.41. The summed E-state index contributed by atoms with van der Waals surface area (Å²) < 4.78 is 5.41. The highest BCUT2D eigenvalue weighted by Gasteiger charge is 2.43. The van der Waals surface area contributed by atoms with Gasteiger partial charge in [-0.3, -0.25) is 19.2 Å². The van der Waals surface area contributed by atoms with Gasteiger partial charge in [-0.25, -0.2) is 0 Å². The van der Waals surface area contributed by atoms with Crippen LogP contribution in [0.15, 0.2) is 5.16 Å².